The Hall–Kier alpha value is -3.26. The molecule has 0 saturated heterocycles. The molecule has 428 valence electrons. The van der Waals surface area contributed by atoms with Gasteiger partial charge < -0.3 is 0 Å². The summed E-state index contributed by atoms with van der Waals surface area (Å²) < 4.78 is 620. The molecule has 4 aliphatic carbocycles. The Balaban J connectivity index is 3.22. The summed E-state index contributed by atoms with van der Waals surface area (Å²) in [7, 11) is 0. The van der Waals surface area contributed by atoms with Crippen LogP contribution in [0.25, 0.3) is 0 Å². The number of hydrogen-bond acceptors (Lipinski definition) is 8. The highest BCUT2D eigenvalue weighted by atomic mass is 19.5. The maximum atomic E-state index is 16.6. The van der Waals surface area contributed by atoms with E-state index < -0.39 is 141 Å². The van der Waals surface area contributed by atoms with Crippen LogP contribution in [-0.4, -0.2) is 141 Å². The van der Waals surface area contributed by atoms with Gasteiger partial charge in [-0.05, 0) is 9.05 Å². The van der Waals surface area contributed by atoms with Crippen LogP contribution in [0.4, 0.5) is 185 Å². The molecule has 4 bridgehead atoms. The van der Waals surface area contributed by atoms with Crippen molar-refractivity contribution in [1.82, 2.24) is 10.7 Å². The van der Waals surface area contributed by atoms with Crippen LogP contribution in [0.5, 0.6) is 0 Å². The predicted molar refractivity (Wildman–Crippen MR) is 117 cm³/mol. The van der Waals surface area contributed by atoms with Gasteiger partial charge in [-0.2, -0.15) is 149 Å². The molecule has 4 fully saturated rings. The molecule has 72 heavy (non-hydrogen) atoms. The van der Waals surface area contributed by atoms with Crippen molar-refractivity contribution >= 4 is 0 Å². The van der Waals surface area contributed by atoms with Gasteiger partial charge in [0.2, 0.25) is 0 Å². The third-order valence-electron chi connectivity index (χ3n) is 10.1. The Labute approximate surface area is 356 Å². The van der Waals surface area contributed by atoms with Crippen molar-refractivity contribution in [1.29, 1.82) is 0 Å². The van der Waals surface area contributed by atoms with E-state index >= 15 is 87.8 Å². The molecule has 4 aliphatic rings. The van der Waals surface area contributed by atoms with Crippen LogP contribution in [0, 0.1) is 0 Å². The zero-order valence-electron chi connectivity index (χ0n) is 30.2. The Kier molecular flexibility index (Phi) is 13.3. The van der Waals surface area contributed by atoms with Crippen molar-refractivity contribution in [2.75, 3.05) is 0 Å². The molecular formula is C22F42N2O6. The molecule has 0 radical (unpaired) electrons. The molecule has 0 aromatic carbocycles. The number of alkyl halides is 36. The normalized spacial score (nSPS) is 32.8. The van der Waals surface area contributed by atoms with Gasteiger partial charge in [-0.15, -0.1) is 9.88 Å². The molecular weight excluding hydrogens is 1190 g/mol. The minimum absolute atomic E-state index is 0.580. The van der Waals surface area contributed by atoms with Crippen LogP contribution in [0.3, 0.4) is 0 Å². The third kappa shape index (κ3) is 6.03. The summed E-state index contributed by atoms with van der Waals surface area (Å²) >= 11 is 0. The van der Waals surface area contributed by atoms with E-state index in [1.807, 2.05) is 0 Å². The molecule has 0 amide bonds. The molecule has 0 spiro atoms. The molecule has 4 atom stereocenters. The Morgan fingerprint density at radius 2 is 0.403 bits per heavy atom. The van der Waals surface area contributed by atoms with Crippen molar-refractivity contribution in [3.63, 3.8) is 0 Å². The summed E-state index contributed by atoms with van der Waals surface area (Å²) in [4.78, 5) is 1.16. The fraction of sp³-hybridized carbons (Fsp3) is 1.00. The first-order valence-corrected chi connectivity index (χ1v) is 15.3. The molecule has 4 rings (SSSR count). The largest absolute Gasteiger partial charge is 0.461 e. The molecule has 50 heteroatoms. The van der Waals surface area contributed by atoms with Gasteiger partial charge in [-0.3, -0.25) is 18.9 Å². The van der Waals surface area contributed by atoms with Gasteiger partial charge in [0.1, 0.15) is 0 Å². The van der Waals surface area contributed by atoms with Crippen molar-refractivity contribution in [3.05, 3.63) is 0 Å². The van der Waals surface area contributed by atoms with Crippen molar-refractivity contribution in [3.8, 4) is 0 Å². The van der Waals surface area contributed by atoms with Gasteiger partial charge in [0, 0.05) is 0 Å². The second-order valence-electron chi connectivity index (χ2n) is 13.7. The standard InChI is InChI=1S/C22F42N2O6/c23-5(24)1(67-19(51,52)11(35,65(59)60)15(39,40)41)6(25,26)3(69-21(55,56)13(37,71-63)17(45,46)47)8(29,30)2(5,68-20(53,54)12(36,66(61)62)16(42,43)44)9(31,32)4(7(1,27)28,10(3,33)34)70-22(57,58)14(38,72-64)18(48,49)50. The van der Waals surface area contributed by atoms with E-state index in [1.54, 1.807) is 0 Å². The summed E-state index contributed by atoms with van der Waals surface area (Å²) in [5.41, 5.74) is -43.7. The summed E-state index contributed by atoms with van der Waals surface area (Å²) in [5.74, 6) is -103. The average Bonchev–Trinajstić information content (AvgIpc) is 3.13. The second kappa shape index (κ2) is 15.2. The molecule has 4 unspecified atom stereocenters. The lowest BCUT2D eigenvalue weighted by Gasteiger charge is -2.79. The zero-order chi connectivity index (χ0) is 58.4. The highest BCUT2D eigenvalue weighted by Gasteiger charge is 3.25. The maximum absolute atomic E-state index is 16.6. The average molecular weight is 1190 g/mol. The van der Waals surface area contributed by atoms with E-state index in [0.717, 1.165) is 18.9 Å². The second-order valence-corrected chi connectivity index (χ2v) is 13.7. The van der Waals surface area contributed by atoms with E-state index in [1.165, 1.54) is 0 Å². The van der Waals surface area contributed by atoms with Gasteiger partial charge in [-0.1, -0.05) is 17.9 Å². The smallest absolute Gasteiger partial charge is 0.290 e. The van der Waals surface area contributed by atoms with Crippen LogP contribution in [-0.2, 0) is 28.8 Å². The number of ether oxygens (including phenoxy) is 4. The molecule has 8 nitrogen and oxygen atoms in total. The molecule has 0 N–H and O–H groups in total. The highest BCUT2D eigenvalue weighted by molar-refractivity contribution is 5.55. The lowest BCUT2D eigenvalue weighted by molar-refractivity contribution is -0.696. The Bertz CT molecular complexity index is 1910. The van der Waals surface area contributed by atoms with Crippen molar-refractivity contribution < 1.29 is 214 Å². The SMILES string of the molecule is FOC(F)(C(F)(F)F)C(F)(F)OC12C(F)(F)C3(OC(F)(F)C(F)(OF)C(F)(F)F)C(F)(F)C(OC(F)(F)C(F)(N(F)F)C(F)(F)F)(C1(F)F)C(F)(F)C(OC(F)(F)C(F)(N(F)F)C(F)(F)F)(C2(F)F)C3(F)F. The predicted octanol–water partition coefficient (Wildman–Crippen LogP) is 12.1. The minimum atomic E-state index is -11.0. The number of halogens is 42. The number of rotatable bonds is 16. The van der Waals surface area contributed by atoms with Crippen LogP contribution in [0.1, 0.15) is 0 Å². The number of nitrogens with zero attached hydrogens (tertiary/aromatic N) is 2. The summed E-state index contributed by atoms with van der Waals surface area (Å²) in [6.45, 7) is 0. The maximum Gasteiger partial charge on any atom is 0.461 e. The Morgan fingerprint density at radius 1 is 0.250 bits per heavy atom. The van der Waals surface area contributed by atoms with E-state index in [9.17, 15) is 97.2 Å². The lowest BCUT2D eigenvalue weighted by atomic mass is 9.38. The monoisotopic (exact) mass is 1190 g/mol. The quantitative estimate of drug-likeness (QED) is 0.0861. The van der Waals surface area contributed by atoms with Gasteiger partial charge in [0.05, 0.1) is 10.7 Å². The van der Waals surface area contributed by atoms with Gasteiger partial charge in [0.25, 0.3) is 22.4 Å². The fourth-order valence-electron chi connectivity index (χ4n) is 6.88. The highest BCUT2D eigenvalue weighted by Crippen LogP contribution is 2.90. The van der Waals surface area contributed by atoms with E-state index in [2.05, 4.69) is 0 Å². The first-order valence-electron chi connectivity index (χ1n) is 15.3. The molecule has 0 aliphatic heterocycles. The van der Waals surface area contributed by atoms with E-state index in [4.69, 9.17) is 0 Å². The molecule has 0 aromatic rings. The van der Waals surface area contributed by atoms with Gasteiger partial charge in [0.15, 0.2) is 0 Å². The third-order valence-corrected chi connectivity index (χ3v) is 10.1. The fourth-order valence-corrected chi connectivity index (χ4v) is 6.88. The van der Waals surface area contributed by atoms with Crippen LogP contribution in [0.2, 0.25) is 0 Å². The van der Waals surface area contributed by atoms with Gasteiger partial charge in [-0.25, -0.2) is 8.78 Å². The summed E-state index contributed by atoms with van der Waals surface area (Å²) in [5, 5.41) is -10.7. The summed E-state index contributed by atoms with van der Waals surface area (Å²) in [6.07, 6.45) is -76.0. The van der Waals surface area contributed by atoms with E-state index in [-0.39, 0.29) is 0 Å². The Morgan fingerprint density at radius 3 is 0.514 bits per heavy atom. The summed E-state index contributed by atoms with van der Waals surface area (Å²) in [6, 6.07) is 0. The molecule has 0 aromatic heterocycles. The van der Waals surface area contributed by atoms with Crippen molar-refractivity contribution in [2.45, 2.75) is 130 Å². The molecule has 0 heterocycles. The first kappa shape index (κ1) is 63.0. The van der Waals surface area contributed by atoms with Crippen LogP contribution < -0.4 is 0 Å². The first-order chi connectivity index (χ1) is 30.8. The van der Waals surface area contributed by atoms with Crippen LogP contribution >= 0.6 is 0 Å². The van der Waals surface area contributed by atoms with Gasteiger partial charge >= 0.3 is 108 Å². The minimum Gasteiger partial charge on any atom is -0.290 e. The molecule has 4 saturated carbocycles. The topological polar surface area (TPSA) is 61.9 Å². The zero-order valence-corrected chi connectivity index (χ0v) is 30.2. The van der Waals surface area contributed by atoms with Crippen molar-refractivity contribution in [2.24, 2.45) is 0 Å². The number of hydrogen-bond donors (Lipinski definition) is 0. The lowest BCUT2D eigenvalue weighted by Crippen LogP contribution is -3.13. The van der Waals surface area contributed by atoms with Crippen LogP contribution in [0.15, 0.2) is 0 Å². The van der Waals surface area contributed by atoms with E-state index in [0.29, 0.717) is 9.88 Å².